The average Bonchev–Trinajstić information content (AvgIpc) is 1.98. The standard InChI is InChI=1S/C11H23N.C3H8.W/c1-8-9(10(2,3)4)12-11(5,6)7;1-3-2;/h9H,1,8H2,2-7H3;3H2,1-2H3;/q-2;;+2. The van der Waals surface area contributed by atoms with E-state index in [0.717, 1.165) is 6.42 Å². The number of rotatable bonds is 2. The molecule has 1 nitrogen and oxygen atoms in total. The molecule has 16 heavy (non-hydrogen) atoms. The van der Waals surface area contributed by atoms with Gasteiger partial charge in [-0.3, -0.25) is 0 Å². The van der Waals surface area contributed by atoms with E-state index in [2.05, 4.69) is 62.3 Å². The van der Waals surface area contributed by atoms with E-state index in [-0.39, 0.29) is 32.0 Å². The van der Waals surface area contributed by atoms with Crippen molar-refractivity contribution < 1.29 is 21.1 Å². The van der Waals surface area contributed by atoms with Gasteiger partial charge in [0.15, 0.2) is 0 Å². The fourth-order valence-corrected chi connectivity index (χ4v) is 1.16. The van der Waals surface area contributed by atoms with E-state index in [9.17, 15) is 0 Å². The van der Waals surface area contributed by atoms with Crippen LogP contribution >= 0.6 is 0 Å². The van der Waals surface area contributed by atoms with E-state index in [0.29, 0.717) is 6.04 Å². The van der Waals surface area contributed by atoms with Crippen LogP contribution in [-0.4, -0.2) is 11.6 Å². The summed E-state index contributed by atoms with van der Waals surface area (Å²) in [7, 11) is 0. The van der Waals surface area contributed by atoms with Gasteiger partial charge in [0.25, 0.3) is 0 Å². The molecule has 0 fully saturated rings. The molecule has 0 amide bonds. The van der Waals surface area contributed by atoms with Gasteiger partial charge in [0.1, 0.15) is 0 Å². The van der Waals surface area contributed by atoms with Crippen LogP contribution in [0.2, 0.25) is 0 Å². The average molecular weight is 397 g/mol. The van der Waals surface area contributed by atoms with Gasteiger partial charge >= 0.3 is 21.1 Å². The molecular formula is C14H31NW. The Balaban J connectivity index is -0.000000377. The van der Waals surface area contributed by atoms with E-state index in [1.165, 1.54) is 6.42 Å². The molecule has 1 atom stereocenters. The molecule has 0 aromatic heterocycles. The Labute approximate surface area is 118 Å². The summed E-state index contributed by atoms with van der Waals surface area (Å²) >= 11 is 0. The van der Waals surface area contributed by atoms with E-state index in [1.807, 2.05) is 0 Å². The van der Waals surface area contributed by atoms with Crippen LogP contribution < -0.4 is 0 Å². The van der Waals surface area contributed by atoms with Gasteiger partial charge in [-0.05, 0) is 0 Å². The predicted molar refractivity (Wildman–Crippen MR) is 72.3 cm³/mol. The molecular weight excluding hydrogens is 366 g/mol. The van der Waals surface area contributed by atoms with Crippen molar-refractivity contribution in [1.82, 2.24) is 0 Å². The minimum absolute atomic E-state index is 0. The Morgan fingerprint density at radius 1 is 1.00 bits per heavy atom. The molecule has 0 radical (unpaired) electrons. The second kappa shape index (κ2) is 9.66. The van der Waals surface area contributed by atoms with Crippen molar-refractivity contribution in [3.05, 3.63) is 12.2 Å². The topological polar surface area (TPSA) is 14.1 Å². The van der Waals surface area contributed by atoms with Gasteiger partial charge in [0.2, 0.25) is 0 Å². The molecule has 0 aliphatic rings. The smallest absolute Gasteiger partial charge is 0.656 e. The fraction of sp³-hybridized carbons (Fsp3) is 0.929. The molecule has 0 spiro atoms. The van der Waals surface area contributed by atoms with Crippen molar-refractivity contribution in [2.24, 2.45) is 5.41 Å². The van der Waals surface area contributed by atoms with Crippen molar-refractivity contribution in [3.8, 4) is 0 Å². The summed E-state index contributed by atoms with van der Waals surface area (Å²) in [6.07, 6.45) is 2.14. The molecule has 0 bridgehead atoms. The van der Waals surface area contributed by atoms with E-state index < -0.39 is 0 Å². The molecule has 1 unspecified atom stereocenters. The van der Waals surface area contributed by atoms with Crippen LogP contribution in [0.5, 0.6) is 0 Å². The summed E-state index contributed by atoms with van der Waals surface area (Å²) in [4.78, 5) is 0. The van der Waals surface area contributed by atoms with Crippen LogP contribution in [0.1, 0.15) is 68.2 Å². The maximum absolute atomic E-state index is 4.74. The summed E-state index contributed by atoms with van der Waals surface area (Å²) in [6.45, 7) is 21.3. The zero-order chi connectivity index (χ0) is 12.7. The third kappa shape index (κ3) is 14.6. The van der Waals surface area contributed by atoms with Gasteiger partial charge in [-0.2, -0.15) is 12.5 Å². The van der Waals surface area contributed by atoms with Crippen LogP contribution in [-0.2, 0) is 21.1 Å². The van der Waals surface area contributed by atoms with E-state index >= 15 is 0 Å². The second-order valence-corrected chi connectivity index (χ2v) is 6.18. The summed E-state index contributed by atoms with van der Waals surface area (Å²) in [5.74, 6) is 0. The van der Waals surface area contributed by atoms with Crippen LogP contribution in [0.15, 0.2) is 0 Å². The molecule has 0 rings (SSSR count). The minimum Gasteiger partial charge on any atom is -0.656 e. The van der Waals surface area contributed by atoms with E-state index in [1.54, 1.807) is 0 Å². The van der Waals surface area contributed by atoms with Crippen LogP contribution in [0.4, 0.5) is 0 Å². The maximum Gasteiger partial charge on any atom is 2.00 e. The molecule has 0 saturated heterocycles. The molecule has 0 aliphatic heterocycles. The van der Waals surface area contributed by atoms with Gasteiger partial charge in [0.05, 0.1) is 0 Å². The first-order chi connectivity index (χ1) is 6.58. The summed E-state index contributed by atoms with van der Waals surface area (Å²) in [5.41, 5.74) is 0.310. The zero-order valence-electron chi connectivity index (χ0n) is 12.6. The Bertz CT molecular complexity index is 142. The van der Waals surface area contributed by atoms with Crippen LogP contribution in [0, 0.1) is 12.3 Å². The van der Waals surface area contributed by atoms with Gasteiger partial charge in [-0.25, -0.2) is 0 Å². The largest absolute Gasteiger partial charge is 2.00 e. The third-order valence-electron chi connectivity index (χ3n) is 1.82. The van der Waals surface area contributed by atoms with Crippen LogP contribution in [0.25, 0.3) is 5.32 Å². The first-order valence-electron chi connectivity index (χ1n) is 6.09. The summed E-state index contributed by atoms with van der Waals surface area (Å²) < 4.78 is 0. The number of hydrogen-bond acceptors (Lipinski definition) is 0. The summed E-state index contributed by atoms with van der Waals surface area (Å²) in [6, 6.07) is 0.373. The SMILES string of the molecule is CCC.[CH2-]CC([N-]C(C)(C)C)C(C)(C)C.[W+2]. The third-order valence-corrected chi connectivity index (χ3v) is 1.82. The van der Waals surface area contributed by atoms with Gasteiger partial charge < -0.3 is 12.2 Å². The first-order valence-corrected chi connectivity index (χ1v) is 6.09. The van der Waals surface area contributed by atoms with Crippen molar-refractivity contribution in [1.29, 1.82) is 0 Å². The molecule has 0 N–H and O–H groups in total. The van der Waals surface area contributed by atoms with Gasteiger partial charge in [-0.15, -0.1) is 5.54 Å². The second-order valence-electron chi connectivity index (χ2n) is 6.18. The molecule has 0 aromatic rings. The fourth-order valence-electron chi connectivity index (χ4n) is 1.16. The van der Waals surface area contributed by atoms with Gasteiger partial charge in [-0.1, -0.05) is 67.2 Å². The normalized spacial score (nSPS) is 13.3. The Hall–Kier alpha value is 0.648. The molecule has 0 aliphatic carbocycles. The molecule has 0 aromatic carbocycles. The van der Waals surface area contributed by atoms with Crippen molar-refractivity contribution >= 4 is 0 Å². The molecule has 0 heterocycles. The van der Waals surface area contributed by atoms with Crippen molar-refractivity contribution in [2.45, 2.75) is 79.8 Å². The van der Waals surface area contributed by atoms with Crippen molar-refractivity contribution in [2.75, 3.05) is 0 Å². The first kappa shape index (κ1) is 21.9. The molecule has 2 heteroatoms. The van der Waals surface area contributed by atoms with Crippen LogP contribution in [0.3, 0.4) is 0 Å². The Kier molecular flexibility index (Phi) is 13.2. The quantitative estimate of drug-likeness (QED) is 0.568. The number of nitrogens with zero attached hydrogens (tertiary/aromatic N) is 1. The van der Waals surface area contributed by atoms with Gasteiger partial charge in [0, 0.05) is 0 Å². The summed E-state index contributed by atoms with van der Waals surface area (Å²) in [5, 5.41) is 4.74. The minimum atomic E-state index is 0. The van der Waals surface area contributed by atoms with E-state index in [4.69, 9.17) is 5.32 Å². The Morgan fingerprint density at radius 3 is 1.38 bits per heavy atom. The maximum atomic E-state index is 4.74. The zero-order valence-corrected chi connectivity index (χ0v) is 15.5. The molecule has 0 saturated carbocycles. The monoisotopic (exact) mass is 397 g/mol. The van der Waals surface area contributed by atoms with Crippen molar-refractivity contribution in [3.63, 3.8) is 0 Å². The Morgan fingerprint density at radius 2 is 1.31 bits per heavy atom. The molecule has 98 valence electrons. The predicted octanol–water partition coefficient (Wildman–Crippen LogP) is 5.21. The number of hydrogen-bond donors (Lipinski definition) is 0.